The van der Waals surface area contributed by atoms with Crippen LogP contribution in [0.1, 0.15) is 44.2 Å². The lowest BCUT2D eigenvalue weighted by Gasteiger charge is -2.07. The average Bonchev–Trinajstić information content (AvgIpc) is 3.30. The van der Waals surface area contributed by atoms with Crippen LogP contribution in [0, 0.1) is 11.8 Å². The van der Waals surface area contributed by atoms with Crippen LogP contribution in [0.3, 0.4) is 0 Å². The molecule has 1 aliphatic rings. The molecule has 1 fully saturated rings. The van der Waals surface area contributed by atoms with E-state index in [1.807, 2.05) is 32.9 Å². The van der Waals surface area contributed by atoms with Gasteiger partial charge in [-0.3, -0.25) is 4.79 Å². The molecule has 5 heteroatoms. The maximum atomic E-state index is 12.6. The molecule has 1 amide bonds. The molecule has 1 aromatic rings. The third kappa shape index (κ3) is 6.07. The van der Waals surface area contributed by atoms with Crippen molar-refractivity contribution in [1.82, 2.24) is 5.32 Å². The Kier molecular flexibility index (Phi) is 6.09. The van der Waals surface area contributed by atoms with Crippen LogP contribution < -0.4 is 5.32 Å². The Labute approximate surface area is 146 Å². The third-order valence-electron chi connectivity index (χ3n) is 4.16. The lowest BCUT2D eigenvalue weighted by Crippen LogP contribution is -2.25. The molecule has 2 atom stereocenters. The summed E-state index contributed by atoms with van der Waals surface area (Å²) in [7, 11) is 0. The molecule has 1 aromatic carbocycles. The Bertz CT molecular complexity index is 657. The first-order valence-corrected chi connectivity index (χ1v) is 8.48. The normalized spacial score (nSPS) is 21.0. The number of alkyl halides is 3. The van der Waals surface area contributed by atoms with Crippen molar-refractivity contribution in [2.75, 3.05) is 6.54 Å². The van der Waals surface area contributed by atoms with Gasteiger partial charge in [0.05, 0.1) is 5.56 Å². The van der Waals surface area contributed by atoms with Crippen molar-refractivity contribution in [2.45, 2.75) is 39.3 Å². The Morgan fingerprint density at radius 3 is 2.48 bits per heavy atom. The minimum Gasteiger partial charge on any atom is -0.352 e. The molecule has 0 bridgehead atoms. The van der Waals surface area contributed by atoms with Gasteiger partial charge in [-0.05, 0) is 54.4 Å². The number of carbonyl (C=O) groups is 1. The van der Waals surface area contributed by atoms with E-state index in [1.54, 1.807) is 18.2 Å². The van der Waals surface area contributed by atoms with Gasteiger partial charge in [-0.15, -0.1) is 0 Å². The van der Waals surface area contributed by atoms with Crippen LogP contribution in [0.5, 0.6) is 0 Å². The summed E-state index contributed by atoms with van der Waals surface area (Å²) < 4.78 is 37.7. The van der Waals surface area contributed by atoms with Crippen molar-refractivity contribution in [3.05, 3.63) is 59.2 Å². The van der Waals surface area contributed by atoms with E-state index in [2.05, 4.69) is 5.32 Å². The van der Waals surface area contributed by atoms with Crippen LogP contribution in [0.25, 0.3) is 0 Å². The van der Waals surface area contributed by atoms with E-state index in [-0.39, 0.29) is 11.8 Å². The first-order valence-electron chi connectivity index (χ1n) is 8.48. The molecule has 0 saturated heterocycles. The number of benzene rings is 1. The molecule has 2 rings (SSSR count). The number of hydrogen-bond acceptors (Lipinski definition) is 1. The summed E-state index contributed by atoms with van der Waals surface area (Å²) in [5.74, 6) is 0.884. The van der Waals surface area contributed by atoms with Crippen LogP contribution in [0.2, 0.25) is 0 Å². The largest absolute Gasteiger partial charge is 0.416 e. The lowest BCUT2D eigenvalue weighted by atomic mass is 10.1. The summed E-state index contributed by atoms with van der Waals surface area (Å²) in [6, 6.07) is 5.39. The predicted octanol–water partition coefficient (Wildman–Crippen LogP) is 5.08. The van der Waals surface area contributed by atoms with E-state index in [1.165, 1.54) is 0 Å². The van der Waals surface area contributed by atoms with Crippen molar-refractivity contribution in [3.8, 4) is 0 Å². The molecule has 0 aromatic heterocycles. The highest BCUT2D eigenvalue weighted by atomic mass is 19.4. The Morgan fingerprint density at radius 2 is 1.92 bits per heavy atom. The fourth-order valence-electron chi connectivity index (χ4n) is 2.62. The number of hydrogen-bond donors (Lipinski definition) is 1. The first kappa shape index (κ1) is 19.3. The molecule has 136 valence electrons. The molecule has 25 heavy (non-hydrogen) atoms. The van der Waals surface area contributed by atoms with Gasteiger partial charge in [0.2, 0.25) is 5.91 Å². The van der Waals surface area contributed by atoms with Crippen LogP contribution >= 0.6 is 0 Å². The minimum absolute atomic E-state index is 0.106. The van der Waals surface area contributed by atoms with E-state index in [0.717, 1.165) is 29.7 Å². The van der Waals surface area contributed by atoms with Gasteiger partial charge in [-0.2, -0.15) is 13.2 Å². The summed E-state index contributed by atoms with van der Waals surface area (Å²) >= 11 is 0. The van der Waals surface area contributed by atoms with E-state index in [4.69, 9.17) is 0 Å². The number of nitrogens with one attached hydrogen (secondary N) is 1. The van der Waals surface area contributed by atoms with E-state index < -0.39 is 11.7 Å². The summed E-state index contributed by atoms with van der Waals surface area (Å²) in [4.78, 5) is 11.7. The van der Waals surface area contributed by atoms with E-state index >= 15 is 0 Å². The number of halogens is 3. The molecule has 1 saturated carbocycles. The zero-order valence-corrected chi connectivity index (χ0v) is 14.7. The summed E-state index contributed by atoms with van der Waals surface area (Å²) in [6.07, 6.45) is 2.14. The van der Waals surface area contributed by atoms with Gasteiger partial charge in [0.25, 0.3) is 0 Å². The average molecular weight is 351 g/mol. The second kappa shape index (κ2) is 7.89. The molecule has 2 nitrogen and oxygen atoms in total. The van der Waals surface area contributed by atoms with Crippen LogP contribution in [0.4, 0.5) is 13.2 Å². The zero-order chi connectivity index (χ0) is 18.6. The Balaban J connectivity index is 1.87. The first-order chi connectivity index (χ1) is 11.7. The summed E-state index contributed by atoms with van der Waals surface area (Å²) in [5.41, 5.74) is 1.17. The quantitative estimate of drug-likeness (QED) is 0.562. The highest BCUT2D eigenvalue weighted by molar-refractivity contribution is 5.88. The highest BCUT2D eigenvalue weighted by Gasteiger charge is 2.37. The SMILES string of the molecule is CC(C=C[C@@H]1C[C@H]1c1ccc(C(F)(F)F)cc1)=CC(=O)NCC(C)C. The Hall–Kier alpha value is -2.04. The van der Waals surface area contributed by atoms with E-state index in [0.29, 0.717) is 18.4 Å². The number of rotatable bonds is 6. The Morgan fingerprint density at radius 1 is 1.28 bits per heavy atom. The van der Waals surface area contributed by atoms with Crippen molar-refractivity contribution in [1.29, 1.82) is 0 Å². The van der Waals surface area contributed by atoms with Crippen LogP contribution in [-0.2, 0) is 11.0 Å². The maximum Gasteiger partial charge on any atom is 0.416 e. The molecular formula is C20H24F3NO. The number of amides is 1. The molecule has 0 aliphatic heterocycles. The summed E-state index contributed by atoms with van der Waals surface area (Å²) in [6.45, 7) is 6.57. The fraction of sp³-hybridized carbons (Fsp3) is 0.450. The molecule has 0 unspecified atom stereocenters. The van der Waals surface area contributed by atoms with E-state index in [9.17, 15) is 18.0 Å². The second-order valence-corrected chi connectivity index (χ2v) is 7.01. The standard InChI is InChI=1S/C20H24F3NO/c1-13(2)12-24-19(25)10-14(3)4-5-16-11-18(16)15-6-8-17(9-7-15)20(21,22)23/h4-10,13,16,18H,11-12H2,1-3H3,(H,24,25)/t16-,18+/m1/s1. The maximum absolute atomic E-state index is 12.6. The van der Waals surface area contributed by atoms with Gasteiger partial charge in [-0.1, -0.05) is 38.1 Å². The zero-order valence-electron chi connectivity index (χ0n) is 14.7. The molecule has 1 N–H and O–H groups in total. The minimum atomic E-state index is -4.29. The van der Waals surface area contributed by atoms with Gasteiger partial charge in [0, 0.05) is 12.6 Å². The van der Waals surface area contributed by atoms with Crippen molar-refractivity contribution < 1.29 is 18.0 Å². The van der Waals surface area contributed by atoms with Crippen LogP contribution in [-0.4, -0.2) is 12.5 Å². The molecule has 0 heterocycles. The smallest absolute Gasteiger partial charge is 0.352 e. The van der Waals surface area contributed by atoms with Crippen molar-refractivity contribution in [3.63, 3.8) is 0 Å². The fourth-order valence-corrected chi connectivity index (χ4v) is 2.62. The number of carbonyl (C=O) groups excluding carboxylic acids is 1. The van der Waals surface area contributed by atoms with Gasteiger partial charge < -0.3 is 5.32 Å². The predicted molar refractivity (Wildman–Crippen MR) is 93.0 cm³/mol. The van der Waals surface area contributed by atoms with Gasteiger partial charge in [0.1, 0.15) is 0 Å². The molecule has 0 spiro atoms. The van der Waals surface area contributed by atoms with Crippen molar-refractivity contribution >= 4 is 5.91 Å². The molecule has 0 radical (unpaired) electrons. The van der Waals surface area contributed by atoms with Gasteiger partial charge in [-0.25, -0.2) is 0 Å². The summed E-state index contributed by atoms with van der Waals surface area (Å²) in [5, 5.41) is 2.83. The third-order valence-corrected chi connectivity index (χ3v) is 4.16. The van der Waals surface area contributed by atoms with Gasteiger partial charge in [0.15, 0.2) is 0 Å². The second-order valence-electron chi connectivity index (χ2n) is 7.01. The highest BCUT2D eigenvalue weighted by Crippen LogP contribution is 2.48. The monoisotopic (exact) mass is 351 g/mol. The number of allylic oxidation sites excluding steroid dienone is 3. The topological polar surface area (TPSA) is 29.1 Å². The van der Waals surface area contributed by atoms with Crippen LogP contribution in [0.15, 0.2) is 48.1 Å². The molecule has 1 aliphatic carbocycles. The van der Waals surface area contributed by atoms with Crippen molar-refractivity contribution in [2.24, 2.45) is 11.8 Å². The molecular weight excluding hydrogens is 327 g/mol. The lowest BCUT2D eigenvalue weighted by molar-refractivity contribution is -0.137. The van der Waals surface area contributed by atoms with Gasteiger partial charge >= 0.3 is 6.18 Å².